The van der Waals surface area contributed by atoms with Crippen LogP contribution in [0.3, 0.4) is 0 Å². The number of ether oxygens (including phenoxy) is 2. The minimum absolute atomic E-state index is 0.00849. The van der Waals surface area contributed by atoms with Crippen molar-refractivity contribution < 1.29 is 23.8 Å². The molecule has 1 aromatic carbocycles. The van der Waals surface area contributed by atoms with Crippen LogP contribution in [0, 0.1) is 5.92 Å². The zero-order valence-corrected chi connectivity index (χ0v) is 33.7. The number of pyridine rings is 1. The highest BCUT2D eigenvalue weighted by Gasteiger charge is 2.35. The number of hydrogen-bond acceptors (Lipinski definition) is 7. The summed E-state index contributed by atoms with van der Waals surface area (Å²) in [5.41, 5.74) is 5.18. The number of hydrogen-bond donors (Lipinski definition) is 1. The van der Waals surface area contributed by atoms with Gasteiger partial charge >= 0.3 is 5.97 Å². The van der Waals surface area contributed by atoms with Crippen LogP contribution in [0.15, 0.2) is 59.3 Å². The molecule has 1 aliphatic rings. The van der Waals surface area contributed by atoms with Crippen LogP contribution in [0.4, 0.5) is 10.2 Å². The van der Waals surface area contributed by atoms with Crippen molar-refractivity contribution in [3.8, 4) is 22.4 Å². The number of nitrogens with zero attached hydrogens (tertiary/aromatic N) is 5. The Morgan fingerprint density at radius 1 is 0.940 bits per heavy atom. The van der Waals surface area contributed by atoms with Crippen molar-refractivity contribution >= 4 is 49.5 Å². The Balaban J connectivity index is 1.54. The monoisotopic (exact) mass is 783 g/mol. The molecule has 0 spiro atoms. The number of aromatic nitrogens is 4. The molecule has 1 atom stereocenters. The predicted molar refractivity (Wildman–Crippen MR) is 207 cm³/mol. The maximum Gasteiger partial charge on any atom is 0.338 e. The zero-order chi connectivity index (χ0) is 36.1. The predicted octanol–water partition coefficient (Wildman–Crippen LogP) is 9.35. The molecule has 0 aliphatic heterocycles. The van der Waals surface area contributed by atoms with Gasteiger partial charge in [0, 0.05) is 64.1 Å². The second-order valence-corrected chi connectivity index (χ2v) is 27.8. The number of rotatable bonds is 16. The van der Waals surface area contributed by atoms with E-state index >= 15 is 0 Å². The number of anilines is 1. The summed E-state index contributed by atoms with van der Waals surface area (Å²) in [5.74, 6) is -1.09. The van der Waals surface area contributed by atoms with E-state index in [-0.39, 0.29) is 5.92 Å². The first kappa shape index (κ1) is 38.3. The van der Waals surface area contributed by atoms with Crippen molar-refractivity contribution in [2.24, 2.45) is 5.92 Å². The Hall–Kier alpha value is -2.98. The zero-order valence-electron chi connectivity index (χ0n) is 30.2. The molecule has 0 bridgehead atoms. The largest absolute Gasteiger partial charge is 0.479 e. The van der Waals surface area contributed by atoms with Crippen LogP contribution in [0.25, 0.3) is 28.0 Å². The average molecular weight is 785 g/mol. The number of carbonyl (C=O) groups is 1. The van der Waals surface area contributed by atoms with Crippen LogP contribution in [-0.2, 0) is 14.3 Å². The van der Waals surface area contributed by atoms with Gasteiger partial charge in [-0.15, -0.1) is 0 Å². The third-order valence-electron chi connectivity index (χ3n) is 9.33. The van der Waals surface area contributed by atoms with Gasteiger partial charge in [0.2, 0.25) is 0 Å². The van der Waals surface area contributed by atoms with E-state index in [0.717, 1.165) is 50.5 Å². The van der Waals surface area contributed by atoms with Crippen LogP contribution >= 0.6 is 15.9 Å². The minimum Gasteiger partial charge on any atom is -0.479 e. The molecule has 270 valence electrons. The molecule has 1 fully saturated rings. The van der Waals surface area contributed by atoms with Crippen molar-refractivity contribution in [3.63, 3.8) is 0 Å². The van der Waals surface area contributed by atoms with E-state index in [1.807, 2.05) is 59.4 Å². The number of benzene rings is 1. The summed E-state index contributed by atoms with van der Waals surface area (Å²) in [7, 11) is -2.61. The maximum absolute atomic E-state index is 14.5. The summed E-state index contributed by atoms with van der Waals surface area (Å²) in [4.78, 5) is 23.5. The highest BCUT2D eigenvalue weighted by molar-refractivity contribution is 9.10. The first-order chi connectivity index (χ1) is 23.7. The summed E-state index contributed by atoms with van der Waals surface area (Å²) in [5, 5.41) is 14.2. The summed E-state index contributed by atoms with van der Waals surface area (Å²) in [6.45, 7) is 16.0. The van der Waals surface area contributed by atoms with Gasteiger partial charge in [0.05, 0.1) is 22.1 Å². The standard InChI is InChI=1S/C37H51BrFN5O4Si2/c1-49(2,3)20-18-47-24-43(25-48-19-21-50(4,5)6)36-32(38)34(28-14-12-27(13-15-28)33(39)37(45)46)42-35-30(23-41-44(35)36)29-16-17-31(40-22-29)26-10-8-7-9-11-26/h7-11,16-17,22-23,27-28,33H,12-15,18-21,24-25H2,1-6H3,(H,45,46)/t27-,28-,33?. The summed E-state index contributed by atoms with van der Waals surface area (Å²) >= 11 is 3.95. The van der Waals surface area contributed by atoms with E-state index < -0.39 is 34.2 Å². The molecule has 13 heteroatoms. The molecule has 0 amide bonds. The van der Waals surface area contributed by atoms with E-state index in [1.54, 1.807) is 0 Å². The van der Waals surface area contributed by atoms with Gasteiger partial charge in [-0.2, -0.15) is 9.61 Å². The number of halogens is 2. The molecule has 0 radical (unpaired) electrons. The lowest BCUT2D eigenvalue weighted by atomic mass is 9.78. The lowest BCUT2D eigenvalue weighted by Crippen LogP contribution is -2.34. The second-order valence-electron chi connectivity index (χ2n) is 15.8. The molecule has 5 rings (SSSR count). The number of aliphatic carboxylic acids is 1. The summed E-state index contributed by atoms with van der Waals surface area (Å²) < 4.78 is 29.8. The van der Waals surface area contributed by atoms with Gasteiger partial charge < -0.3 is 19.5 Å². The fraction of sp³-hybridized carbons (Fsp3) is 0.514. The number of fused-ring (bicyclic) bond motifs is 1. The van der Waals surface area contributed by atoms with Crippen LogP contribution in [-0.4, -0.2) is 79.7 Å². The van der Waals surface area contributed by atoms with Gasteiger partial charge in [-0.1, -0.05) is 75.7 Å². The van der Waals surface area contributed by atoms with Crippen molar-refractivity contribution in [1.29, 1.82) is 0 Å². The molecular formula is C37H51BrFN5O4Si2. The Bertz CT molecular complexity index is 1700. The first-order valence-corrected chi connectivity index (χ1v) is 25.8. The van der Waals surface area contributed by atoms with Crippen LogP contribution in [0.1, 0.15) is 37.3 Å². The maximum atomic E-state index is 14.5. The third kappa shape index (κ3) is 9.87. The molecule has 0 saturated heterocycles. The highest BCUT2D eigenvalue weighted by Crippen LogP contribution is 2.43. The Morgan fingerprint density at radius 3 is 2.10 bits per heavy atom. The van der Waals surface area contributed by atoms with E-state index in [1.165, 1.54) is 0 Å². The number of carboxylic acids is 1. The molecule has 1 N–H and O–H groups in total. The van der Waals surface area contributed by atoms with Gasteiger partial charge in [-0.25, -0.2) is 14.2 Å². The Labute approximate surface area is 305 Å². The van der Waals surface area contributed by atoms with E-state index in [9.17, 15) is 14.3 Å². The van der Waals surface area contributed by atoms with Gasteiger partial charge in [-0.05, 0) is 59.8 Å². The smallest absolute Gasteiger partial charge is 0.338 e. The van der Waals surface area contributed by atoms with Gasteiger partial charge in [0.15, 0.2) is 17.6 Å². The van der Waals surface area contributed by atoms with Gasteiger partial charge in [-0.3, -0.25) is 4.98 Å². The van der Waals surface area contributed by atoms with E-state index in [2.05, 4.69) is 60.1 Å². The normalized spacial score (nSPS) is 17.6. The van der Waals surface area contributed by atoms with Gasteiger partial charge in [0.25, 0.3) is 0 Å². The Morgan fingerprint density at radius 2 is 1.56 bits per heavy atom. The van der Waals surface area contributed by atoms with Crippen LogP contribution in [0.5, 0.6) is 0 Å². The fourth-order valence-electron chi connectivity index (χ4n) is 6.21. The third-order valence-corrected chi connectivity index (χ3v) is 13.5. The van der Waals surface area contributed by atoms with Crippen molar-refractivity contribution in [1.82, 2.24) is 19.6 Å². The molecule has 3 heterocycles. The van der Waals surface area contributed by atoms with Crippen molar-refractivity contribution in [2.75, 3.05) is 31.6 Å². The summed E-state index contributed by atoms with van der Waals surface area (Å²) in [6, 6.07) is 16.2. The SMILES string of the molecule is C[Si](C)(C)CCOCN(COCC[Si](C)(C)C)c1c(Br)c([C@H]2CC[C@H](C(F)C(=O)O)CC2)nc2c(-c3ccc(-c4ccccc4)nc3)cnn12. The molecule has 3 aromatic heterocycles. The topological polar surface area (TPSA) is 102 Å². The van der Waals surface area contributed by atoms with Crippen LogP contribution < -0.4 is 4.90 Å². The lowest BCUT2D eigenvalue weighted by molar-refractivity contribution is -0.145. The lowest BCUT2D eigenvalue weighted by Gasteiger charge is -2.31. The Kier molecular flexibility index (Phi) is 12.7. The average Bonchev–Trinajstić information content (AvgIpc) is 3.50. The molecule has 1 saturated carbocycles. The molecular weight excluding hydrogens is 734 g/mol. The van der Waals surface area contributed by atoms with Crippen molar-refractivity contribution in [3.05, 3.63) is 65.0 Å². The number of carboxylic acid groups (broad SMARTS) is 1. The van der Waals surface area contributed by atoms with E-state index in [0.29, 0.717) is 58.0 Å². The molecule has 1 unspecified atom stereocenters. The highest BCUT2D eigenvalue weighted by atomic mass is 79.9. The first-order valence-electron chi connectivity index (χ1n) is 17.6. The molecule has 1 aliphatic carbocycles. The van der Waals surface area contributed by atoms with Crippen LogP contribution in [0.2, 0.25) is 51.4 Å². The molecule has 4 aromatic rings. The fourth-order valence-corrected chi connectivity index (χ4v) is 8.55. The second kappa shape index (κ2) is 16.6. The summed E-state index contributed by atoms with van der Waals surface area (Å²) in [6.07, 6.45) is 4.06. The minimum atomic E-state index is -1.85. The quantitative estimate of drug-likeness (QED) is 0.0682. The number of alkyl halides is 1. The van der Waals surface area contributed by atoms with Gasteiger partial charge in [0.1, 0.15) is 13.5 Å². The van der Waals surface area contributed by atoms with Crippen molar-refractivity contribution in [2.45, 2.75) is 89.1 Å². The molecule has 9 nitrogen and oxygen atoms in total. The van der Waals surface area contributed by atoms with E-state index in [4.69, 9.17) is 24.5 Å². The molecule has 50 heavy (non-hydrogen) atoms.